The fourth-order valence-electron chi connectivity index (χ4n) is 3.19. The number of anilines is 1. The minimum absolute atomic E-state index is 0.263. The number of carbonyl (C=O) groups is 2. The quantitative estimate of drug-likeness (QED) is 0.402. The average Bonchev–Trinajstić information content (AvgIpc) is 3.49. The number of benzene rings is 2. The van der Waals surface area contributed by atoms with Gasteiger partial charge in [-0.3, -0.25) is 4.79 Å². The SMILES string of the molecule is C[C@H]([C@H](C(=O)Nc1ccc(Cl)c(CC2CC2)c1)c1ccc(Cl)cc1)C(F)(F)F.O=C(O)O. The van der Waals surface area contributed by atoms with Crippen LogP contribution in [0.2, 0.25) is 10.0 Å². The summed E-state index contributed by atoms with van der Waals surface area (Å²) in [4.78, 5) is 21.4. The highest BCUT2D eigenvalue weighted by atomic mass is 35.5. The molecular formula is C22H22Cl2F3NO4. The van der Waals surface area contributed by atoms with E-state index in [1.807, 2.05) is 0 Å². The summed E-state index contributed by atoms with van der Waals surface area (Å²) in [5.74, 6) is -3.37. The summed E-state index contributed by atoms with van der Waals surface area (Å²) in [5, 5.41) is 17.6. The van der Waals surface area contributed by atoms with Crippen molar-refractivity contribution in [3.05, 3.63) is 63.6 Å². The van der Waals surface area contributed by atoms with Gasteiger partial charge in [-0.1, -0.05) is 42.3 Å². The predicted molar refractivity (Wildman–Crippen MR) is 117 cm³/mol. The van der Waals surface area contributed by atoms with E-state index in [2.05, 4.69) is 5.32 Å². The van der Waals surface area contributed by atoms with E-state index < -0.39 is 30.1 Å². The van der Waals surface area contributed by atoms with Crippen LogP contribution in [0, 0.1) is 11.8 Å². The molecule has 2 aromatic rings. The Labute approximate surface area is 193 Å². The third-order valence-corrected chi connectivity index (χ3v) is 5.67. The van der Waals surface area contributed by atoms with Crippen molar-refractivity contribution in [1.82, 2.24) is 0 Å². The number of hydrogen-bond acceptors (Lipinski definition) is 2. The number of carbonyl (C=O) groups excluding carboxylic acids is 1. The molecule has 1 fully saturated rings. The van der Waals surface area contributed by atoms with E-state index in [0.29, 0.717) is 21.7 Å². The summed E-state index contributed by atoms with van der Waals surface area (Å²) in [6, 6.07) is 10.9. The van der Waals surface area contributed by atoms with Crippen LogP contribution >= 0.6 is 23.2 Å². The number of amides is 1. The number of hydrogen-bond donors (Lipinski definition) is 3. The second kappa shape index (κ2) is 10.9. The second-order valence-electron chi connectivity index (χ2n) is 7.59. The van der Waals surface area contributed by atoms with E-state index in [-0.39, 0.29) is 5.56 Å². The zero-order valence-corrected chi connectivity index (χ0v) is 18.5. The van der Waals surface area contributed by atoms with Crippen molar-refractivity contribution in [2.75, 3.05) is 5.32 Å². The molecule has 2 aromatic carbocycles. The normalized spacial score (nSPS) is 15.2. The summed E-state index contributed by atoms with van der Waals surface area (Å²) in [6.45, 7) is 1.01. The highest BCUT2D eigenvalue weighted by Gasteiger charge is 2.45. The van der Waals surface area contributed by atoms with Gasteiger partial charge in [0.25, 0.3) is 0 Å². The Morgan fingerprint density at radius 1 is 1.09 bits per heavy atom. The third-order valence-electron chi connectivity index (χ3n) is 5.05. The van der Waals surface area contributed by atoms with Crippen molar-refractivity contribution >= 4 is 41.0 Å². The molecule has 1 aliphatic rings. The number of carboxylic acid groups (broad SMARTS) is 2. The molecule has 0 heterocycles. The first-order valence-electron chi connectivity index (χ1n) is 9.71. The molecule has 0 aliphatic heterocycles. The van der Waals surface area contributed by atoms with Crippen molar-refractivity contribution in [3.63, 3.8) is 0 Å². The molecule has 0 radical (unpaired) electrons. The third kappa shape index (κ3) is 7.91. The second-order valence-corrected chi connectivity index (χ2v) is 8.43. The van der Waals surface area contributed by atoms with Crippen LogP contribution in [-0.4, -0.2) is 28.5 Å². The smallest absolute Gasteiger partial charge is 0.450 e. The molecule has 0 bridgehead atoms. The average molecular weight is 492 g/mol. The summed E-state index contributed by atoms with van der Waals surface area (Å²) >= 11 is 12.1. The summed E-state index contributed by atoms with van der Waals surface area (Å²) in [6.07, 6.45) is -3.25. The van der Waals surface area contributed by atoms with Gasteiger partial charge in [0.2, 0.25) is 5.91 Å². The Morgan fingerprint density at radius 3 is 2.16 bits per heavy atom. The minimum Gasteiger partial charge on any atom is -0.450 e. The Kier molecular flexibility index (Phi) is 8.81. The predicted octanol–water partition coefficient (Wildman–Crippen LogP) is 7.09. The summed E-state index contributed by atoms with van der Waals surface area (Å²) in [5.41, 5.74) is 1.60. The molecule has 1 saturated carbocycles. The molecule has 5 nitrogen and oxygen atoms in total. The Hall–Kier alpha value is -2.45. The van der Waals surface area contributed by atoms with E-state index in [0.717, 1.165) is 31.7 Å². The lowest BCUT2D eigenvalue weighted by Crippen LogP contribution is -2.34. The zero-order chi connectivity index (χ0) is 24.1. The monoisotopic (exact) mass is 491 g/mol. The van der Waals surface area contributed by atoms with Crippen LogP contribution < -0.4 is 5.32 Å². The first-order chi connectivity index (χ1) is 14.9. The van der Waals surface area contributed by atoms with E-state index in [1.165, 1.54) is 24.3 Å². The van der Waals surface area contributed by atoms with Gasteiger partial charge in [0.05, 0.1) is 11.8 Å². The lowest BCUT2D eigenvalue weighted by atomic mass is 9.86. The van der Waals surface area contributed by atoms with Crippen LogP contribution in [0.3, 0.4) is 0 Å². The molecule has 3 N–H and O–H groups in total. The molecule has 0 saturated heterocycles. The van der Waals surface area contributed by atoms with Crippen LogP contribution in [0.25, 0.3) is 0 Å². The van der Waals surface area contributed by atoms with E-state index in [4.69, 9.17) is 38.2 Å². The van der Waals surface area contributed by atoms with Gasteiger partial charge >= 0.3 is 12.3 Å². The maximum absolute atomic E-state index is 13.4. The highest BCUT2D eigenvalue weighted by Crippen LogP contribution is 2.39. The minimum atomic E-state index is -4.52. The van der Waals surface area contributed by atoms with Crippen LogP contribution in [0.5, 0.6) is 0 Å². The van der Waals surface area contributed by atoms with Gasteiger partial charge in [-0.2, -0.15) is 13.2 Å². The molecule has 2 atom stereocenters. The molecule has 0 spiro atoms. The van der Waals surface area contributed by atoms with E-state index in [1.54, 1.807) is 18.2 Å². The molecular weight excluding hydrogens is 470 g/mol. The maximum Gasteiger partial charge on any atom is 0.503 e. The van der Waals surface area contributed by atoms with Crippen LogP contribution in [-0.2, 0) is 11.2 Å². The number of nitrogens with one attached hydrogen (secondary N) is 1. The number of rotatable bonds is 6. The van der Waals surface area contributed by atoms with Crippen LogP contribution in [0.1, 0.15) is 36.8 Å². The fourth-order valence-corrected chi connectivity index (χ4v) is 3.51. The first kappa shape index (κ1) is 25.8. The van der Waals surface area contributed by atoms with Gasteiger partial charge in [-0.15, -0.1) is 0 Å². The van der Waals surface area contributed by atoms with Gasteiger partial charge < -0.3 is 15.5 Å². The van der Waals surface area contributed by atoms with Gasteiger partial charge in [0, 0.05) is 15.7 Å². The number of alkyl halides is 3. The Morgan fingerprint density at radius 2 is 1.66 bits per heavy atom. The lowest BCUT2D eigenvalue weighted by Gasteiger charge is -2.26. The van der Waals surface area contributed by atoms with Crippen molar-refractivity contribution in [1.29, 1.82) is 0 Å². The van der Waals surface area contributed by atoms with Crippen molar-refractivity contribution in [2.24, 2.45) is 11.8 Å². The highest BCUT2D eigenvalue weighted by molar-refractivity contribution is 6.31. The molecule has 1 aliphatic carbocycles. The molecule has 1 amide bonds. The topological polar surface area (TPSA) is 86.6 Å². The van der Waals surface area contributed by atoms with E-state index in [9.17, 15) is 18.0 Å². The van der Waals surface area contributed by atoms with Crippen LogP contribution in [0.15, 0.2) is 42.5 Å². The lowest BCUT2D eigenvalue weighted by molar-refractivity contribution is -0.178. The first-order valence-corrected chi connectivity index (χ1v) is 10.5. The fraction of sp³-hybridized carbons (Fsp3) is 0.364. The number of halogens is 5. The molecule has 174 valence electrons. The van der Waals surface area contributed by atoms with Crippen LogP contribution in [0.4, 0.5) is 23.7 Å². The zero-order valence-electron chi connectivity index (χ0n) is 17.0. The van der Waals surface area contributed by atoms with Gasteiger partial charge in [0.15, 0.2) is 0 Å². The van der Waals surface area contributed by atoms with Crippen molar-refractivity contribution < 1.29 is 33.0 Å². The van der Waals surface area contributed by atoms with Crippen molar-refractivity contribution in [3.8, 4) is 0 Å². The molecule has 32 heavy (non-hydrogen) atoms. The summed E-state index contributed by atoms with van der Waals surface area (Å²) in [7, 11) is 0. The Balaban J connectivity index is 0.000000837. The molecule has 10 heteroatoms. The molecule has 0 unspecified atom stereocenters. The van der Waals surface area contributed by atoms with E-state index >= 15 is 0 Å². The summed E-state index contributed by atoms with van der Waals surface area (Å²) < 4.78 is 40.2. The van der Waals surface area contributed by atoms with Crippen molar-refractivity contribution in [2.45, 2.75) is 38.3 Å². The maximum atomic E-state index is 13.4. The Bertz CT molecular complexity index is 943. The van der Waals surface area contributed by atoms with Gasteiger partial charge in [-0.05, 0) is 66.6 Å². The standard InChI is InChI=1S/C21H20Cl2F3NO.CH2O3/c1-12(21(24,25)26)19(14-4-6-16(22)7-5-14)20(28)27-17-8-9-18(23)15(11-17)10-13-2-3-13;2-1(3)4/h4-9,11-13,19H,2-3,10H2,1H3,(H,27,28);(H2,2,3,4)/t12-,19+;/m1./s1. The van der Waals surface area contributed by atoms with Gasteiger partial charge in [0.1, 0.15) is 0 Å². The molecule has 0 aromatic heterocycles. The largest absolute Gasteiger partial charge is 0.503 e. The molecule has 3 rings (SSSR count). The van der Waals surface area contributed by atoms with Gasteiger partial charge in [-0.25, -0.2) is 4.79 Å².